The van der Waals surface area contributed by atoms with Crippen LogP contribution < -0.4 is 10.1 Å². The summed E-state index contributed by atoms with van der Waals surface area (Å²) in [6, 6.07) is 24.2. The van der Waals surface area contributed by atoms with Crippen LogP contribution in [0.25, 0.3) is 11.1 Å². The number of benzene rings is 3. The van der Waals surface area contributed by atoms with E-state index < -0.39 is 6.09 Å². The molecule has 0 aliphatic heterocycles. The number of ether oxygens (including phenoxy) is 2. The third-order valence-corrected chi connectivity index (χ3v) is 4.94. The van der Waals surface area contributed by atoms with E-state index in [1.807, 2.05) is 48.5 Å². The highest BCUT2D eigenvalue weighted by molar-refractivity contribution is 5.79. The van der Waals surface area contributed by atoms with Crippen LogP contribution in [0.15, 0.2) is 72.8 Å². The van der Waals surface area contributed by atoms with Gasteiger partial charge in [-0.25, -0.2) is 4.79 Å². The van der Waals surface area contributed by atoms with Gasteiger partial charge in [0.25, 0.3) is 0 Å². The number of rotatable bonds is 5. The topological polar surface area (TPSA) is 47.6 Å². The number of carbonyl (C=O) groups is 1. The van der Waals surface area contributed by atoms with Gasteiger partial charge in [-0.3, -0.25) is 0 Å². The summed E-state index contributed by atoms with van der Waals surface area (Å²) in [7, 11) is 1.63. The van der Waals surface area contributed by atoms with Gasteiger partial charge < -0.3 is 14.8 Å². The summed E-state index contributed by atoms with van der Waals surface area (Å²) < 4.78 is 10.7. The first-order valence-corrected chi connectivity index (χ1v) is 8.98. The fraction of sp³-hybridized carbons (Fsp3) is 0.174. The van der Waals surface area contributed by atoms with Crippen molar-refractivity contribution in [2.75, 3.05) is 13.7 Å². The molecule has 3 aromatic carbocycles. The Labute approximate surface area is 158 Å². The molecule has 0 unspecified atom stereocenters. The Morgan fingerprint density at radius 3 is 2.07 bits per heavy atom. The summed E-state index contributed by atoms with van der Waals surface area (Å²) >= 11 is 0. The van der Waals surface area contributed by atoms with E-state index in [1.165, 1.54) is 22.3 Å². The van der Waals surface area contributed by atoms with Crippen LogP contribution in [0.3, 0.4) is 0 Å². The second-order valence-electron chi connectivity index (χ2n) is 6.53. The molecule has 0 fully saturated rings. The van der Waals surface area contributed by atoms with E-state index in [2.05, 4.69) is 29.6 Å². The summed E-state index contributed by atoms with van der Waals surface area (Å²) in [4.78, 5) is 12.2. The van der Waals surface area contributed by atoms with Gasteiger partial charge in [0, 0.05) is 12.5 Å². The van der Waals surface area contributed by atoms with Crippen LogP contribution >= 0.6 is 0 Å². The Balaban J connectivity index is 1.39. The van der Waals surface area contributed by atoms with Crippen LogP contribution in [0.2, 0.25) is 0 Å². The lowest BCUT2D eigenvalue weighted by atomic mass is 9.98. The van der Waals surface area contributed by atoms with Crippen LogP contribution in [0.1, 0.15) is 22.6 Å². The average Bonchev–Trinajstić information content (AvgIpc) is 3.05. The summed E-state index contributed by atoms with van der Waals surface area (Å²) in [5, 5.41) is 2.81. The Bertz CT molecular complexity index is 904. The highest BCUT2D eigenvalue weighted by atomic mass is 16.5. The molecule has 0 saturated carbocycles. The highest BCUT2D eigenvalue weighted by Crippen LogP contribution is 2.44. The first-order valence-electron chi connectivity index (χ1n) is 8.98. The minimum absolute atomic E-state index is 0.0733. The summed E-state index contributed by atoms with van der Waals surface area (Å²) in [5.41, 5.74) is 5.85. The molecule has 0 bridgehead atoms. The fourth-order valence-electron chi connectivity index (χ4n) is 3.57. The number of amides is 1. The van der Waals surface area contributed by atoms with Crippen LogP contribution in [-0.4, -0.2) is 19.8 Å². The van der Waals surface area contributed by atoms with Crippen molar-refractivity contribution >= 4 is 6.09 Å². The van der Waals surface area contributed by atoms with E-state index in [0.717, 1.165) is 11.3 Å². The van der Waals surface area contributed by atoms with Crippen LogP contribution in [-0.2, 0) is 11.3 Å². The lowest BCUT2D eigenvalue weighted by Gasteiger charge is -2.14. The van der Waals surface area contributed by atoms with Gasteiger partial charge in [-0.1, -0.05) is 60.7 Å². The molecule has 0 radical (unpaired) electrons. The number of fused-ring (bicyclic) bond motifs is 3. The van der Waals surface area contributed by atoms with Crippen molar-refractivity contribution in [3.63, 3.8) is 0 Å². The van der Waals surface area contributed by atoms with E-state index in [0.29, 0.717) is 13.2 Å². The van der Waals surface area contributed by atoms with E-state index in [-0.39, 0.29) is 5.92 Å². The molecule has 1 aliphatic rings. The Morgan fingerprint density at radius 2 is 1.48 bits per heavy atom. The maximum Gasteiger partial charge on any atom is 0.407 e. The van der Waals surface area contributed by atoms with E-state index >= 15 is 0 Å². The molecule has 4 nitrogen and oxygen atoms in total. The number of hydrogen-bond acceptors (Lipinski definition) is 3. The van der Waals surface area contributed by atoms with Gasteiger partial charge in [0.1, 0.15) is 12.4 Å². The van der Waals surface area contributed by atoms with Gasteiger partial charge in [-0.2, -0.15) is 0 Å². The van der Waals surface area contributed by atoms with Crippen molar-refractivity contribution in [2.45, 2.75) is 12.5 Å². The van der Waals surface area contributed by atoms with E-state index in [4.69, 9.17) is 9.47 Å². The van der Waals surface area contributed by atoms with Crippen molar-refractivity contribution in [2.24, 2.45) is 0 Å². The number of nitrogens with one attached hydrogen (secondary N) is 1. The van der Waals surface area contributed by atoms with Gasteiger partial charge in [0.2, 0.25) is 0 Å². The normalized spacial score (nSPS) is 12.2. The zero-order valence-electron chi connectivity index (χ0n) is 15.1. The minimum atomic E-state index is -0.410. The second kappa shape index (κ2) is 7.54. The lowest BCUT2D eigenvalue weighted by Crippen LogP contribution is -2.25. The molecular weight excluding hydrogens is 338 g/mol. The maximum absolute atomic E-state index is 12.2. The third-order valence-electron chi connectivity index (χ3n) is 4.94. The van der Waals surface area contributed by atoms with Gasteiger partial charge in [-0.05, 0) is 39.9 Å². The van der Waals surface area contributed by atoms with Crippen molar-refractivity contribution in [3.8, 4) is 16.9 Å². The van der Waals surface area contributed by atoms with Gasteiger partial charge >= 0.3 is 6.09 Å². The molecule has 136 valence electrons. The molecule has 1 N–H and O–H groups in total. The standard InChI is InChI=1S/C23H21NO3/c1-26-17-12-10-16(11-13-17)14-24-23(25)27-15-22-20-8-4-2-6-18(20)19-7-3-5-9-21(19)22/h2-13,22H,14-15H2,1H3,(H,24,25). The van der Waals surface area contributed by atoms with Crippen molar-refractivity contribution in [1.82, 2.24) is 5.32 Å². The summed E-state index contributed by atoms with van der Waals surface area (Å²) in [6.07, 6.45) is -0.410. The van der Waals surface area contributed by atoms with Crippen molar-refractivity contribution < 1.29 is 14.3 Å². The summed E-state index contributed by atoms with van der Waals surface area (Å²) in [6.45, 7) is 0.739. The molecule has 0 saturated heterocycles. The predicted molar refractivity (Wildman–Crippen MR) is 105 cm³/mol. The van der Waals surface area contributed by atoms with Crippen LogP contribution in [0, 0.1) is 0 Å². The number of alkyl carbamates (subject to hydrolysis) is 1. The molecule has 1 amide bonds. The predicted octanol–water partition coefficient (Wildman–Crippen LogP) is 4.73. The molecule has 0 spiro atoms. The Kier molecular flexibility index (Phi) is 4.79. The van der Waals surface area contributed by atoms with Crippen LogP contribution in [0.4, 0.5) is 4.79 Å². The SMILES string of the molecule is COc1ccc(CNC(=O)OCC2c3ccccc3-c3ccccc32)cc1. The van der Waals surface area contributed by atoms with Crippen molar-refractivity contribution in [1.29, 1.82) is 0 Å². The minimum Gasteiger partial charge on any atom is -0.497 e. The van der Waals surface area contributed by atoms with Crippen molar-refractivity contribution in [3.05, 3.63) is 89.5 Å². The molecule has 0 aromatic heterocycles. The number of hydrogen-bond donors (Lipinski definition) is 1. The fourth-order valence-corrected chi connectivity index (χ4v) is 3.57. The first-order chi connectivity index (χ1) is 13.3. The zero-order valence-corrected chi connectivity index (χ0v) is 15.1. The van der Waals surface area contributed by atoms with Gasteiger partial charge in [0.15, 0.2) is 0 Å². The molecule has 3 aromatic rings. The monoisotopic (exact) mass is 359 g/mol. The van der Waals surface area contributed by atoms with E-state index in [1.54, 1.807) is 7.11 Å². The molecule has 4 rings (SSSR count). The van der Waals surface area contributed by atoms with E-state index in [9.17, 15) is 4.79 Å². The zero-order chi connectivity index (χ0) is 18.6. The molecule has 4 heteroatoms. The largest absolute Gasteiger partial charge is 0.497 e. The number of methoxy groups -OCH3 is 1. The molecule has 27 heavy (non-hydrogen) atoms. The highest BCUT2D eigenvalue weighted by Gasteiger charge is 2.28. The molecule has 0 atom stereocenters. The average molecular weight is 359 g/mol. The van der Waals surface area contributed by atoms with Crippen LogP contribution in [0.5, 0.6) is 5.75 Å². The Morgan fingerprint density at radius 1 is 0.889 bits per heavy atom. The first kappa shape index (κ1) is 17.2. The Hall–Kier alpha value is -3.27. The maximum atomic E-state index is 12.2. The van der Waals surface area contributed by atoms with Gasteiger partial charge in [-0.15, -0.1) is 0 Å². The lowest BCUT2D eigenvalue weighted by molar-refractivity contribution is 0.142. The molecular formula is C23H21NO3. The second-order valence-corrected chi connectivity index (χ2v) is 6.53. The van der Waals surface area contributed by atoms with Gasteiger partial charge in [0.05, 0.1) is 7.11 Å². The third kappa shape index (κ3) is 3.51. The summed E-state index contributed by atoms with van der Waals surface area (Å²) in [5.74, 6) is 0.865. The molecule has 0 heterocycles. The molecule has 1 aliphatic carbocycles. The quantitative estimate of drug-likeness (QED) is 0.716. The smallest absolute Gasteiger partial charge is 0.407 e. The number of carbonyl (C=O) groups excluding carboxylic acids is 1.